The highest BCUT2D eigenvalue weighted by molar-refractivity contribution is 5.81. The molecule has 1 aliphatic heterocycles. The van der Waals surface area contributed by atoms with Gasteiger partial charge >= 0.3 is 0 Å². The molecule has 2 unspecified atom stereocenters. The molecule has 114 valence electrons. The van der Waals surface area contributed by atoms with Gasteiger partial charge in [0.1, 0.15) is 6.10 Å². The van der Waals surface area contributed by atoms with Crippen molar-refractivity contribution in [1.82, 2.24) is 4.57 Å². The number of ether oxygens (including phenoxy) is 2. The molecule has 0 bridgehead atoms. The van der Waals surface area contributed by atoms with Crippen molar-refractivity contribution in [3.05, 3.63) is 36.0 Å². The van der Waals surface area contributed by atoms with E-state index in [2.05, 4.69) is 48.9 Å². The minimum Gasteiger partial charge on any atom is -0.348 e. The Morgan fingerprint density at radius 1 is 1.33 bits per heavy atom. The van der Waals surface area contributed by atoms with Crippen LogP contribution in [0.5, 0.6) is 0 Å². The summed E-state index contributed by atoms with van der Waals surface area (Å²) in [5.74, 6) is 0.169. The van der Waals surface area contributed by atoms with Crippen molar-refractivity contribution in [3.63, 3.8) is 0 Å². The molecule has 3 rings (SSSR count). The second-order valence-electron chi connectivity index (χ2n) is 6.55. The molecule has 1 fully saturated rings. The zero-order valence-electron chi connectivity index (χ0n) is 13.4. The van der Waals surface area contributed by atoms with E-state index in [-0.39, 0.29) is 6.10 Å². The molecule has 2 heterocycles. The molecule has 0 saturated carbocycles. The van der Waals surface area contributed by atoms with Crippen LogP contribution in [0.3, 0.4) is 0 Å². The lowest BCUT2D eigenvalue weighted by atomic mass is 9.98. The number of hydrogen-bond acceptors (Lipinski definition) is 2. The van der Waals surface area contributed by atoms with E-state index in [9.17, 15) is 0 Å². The fourth-order valence-corrected chi connectivity index (χ4v) is 2.99. The van der Waals surface area contributed by atoms with Crippen molar-refractivity contribution in [1.29, 1.82) is 0 Å². The molecule has 1 saturated heterocycles. The molecule has 2 aromatic rings. The Bertz CT molecular complexity index is 629. The number of fused-ring (bicyclic) bond motifs is 1. The van der Waals surface area contributed by atoms with Gasteiger partial charge < -0.3 is 14.0 Å². The smallest absolute Gasteiger partial charge is 0.163 e. The maximum Gasteiger partial charge on any atom is 0.163 e. The Morgan fingerprint density at radius 2 is 2.14 bits per heavy atom. The number of aromatic nitrogens is 1. The van der Waals surface area contributed by atoms with E-state index < -0.39 is 5.79 Å². The highest BCUT2D eigenvalue weighted by Crippen LogP contribution is 2.27. The maximum atomic E-state index is 5.91. The van der Waals surface area contributed by atoms with Gasteiger partial charge in [-0.2, -0.15) is 0 Å². The minimum atomic E-state index is -0.447. The average Bonchev–Trinajstić information content (AvgIpc) is 3.01. The Hall–Kier alpha value is -1.32. The summed E-state index contributed by atoms with van der Waals surface area (Å²) in [6.07, 6.45) is 3.46. The van der Waals surface area contributed by atoms with Crippen LogP contribution < -0.4 is 0 Å². The number of rotatable bonds is 4. The first kappa shape index (κ1) is 14.6. The average molecular weight is 287 g/mol. The molecule has 3 heteroatoms. The predicted molar refractivity (Wildman–Crippen MR) is 85.5 cm³/mol. The summed E-state index contributed by atoms with van der Waals surface area (Å²) in [6.45, 7) is 9.97. The van der Waals surface area contributed by atoms with Crippen LogP contribution in [-0.2, 0) is 16.0 Å². The summed E-state index contributed by atoms with van der Waals surface area (Å²) < 4.78 is 13.8. The number of hydrogen-bond donors (Lipinski definition) is 0. The summed E-state index contributed by atoms with van der Waals surface area (Å²) in [6, 6.07) is 9.00. The molecule has 1 aromatic heterocycles. The Balaban J connectivity index is 1.81. The Kier molecular flexibility index (Phi) is 3.80. The standard InChI is InChI=1S/C18H25NO2/c1-5-13(2)14-6-7-17-15(10-14)8-9-19(17)11-16-12-20-18(3,4)21-16/h6-10,13,16H,5,11-12H2,1-4H3. The molecule has 0 spiro atoms. The molecule has 0 N–H and O–H groups in total. The van der Waals surface area contributed by atoms with Gasteiger partial charge in [0.25, 0.3) is 0 Å². The van der Waals surface area contributed by atoms with E-state index in [4.69, 9.17) is 9.47 Å². The van der Waals surface area contributed by atoms with Crippen molar-refractivity contribution in [3.8, 4) is 0 Å². The molecule has 0 aliphatic carbocycles. The number of nitrogens with zero attached hydrogens (tertiary/aromatic N) is 1. The predicted octanol–water partition coefficient (Wildman–Crippen LogP) is 4.31. The van der Waals surface area contributed by atoms with Gasteiger partial charge in [0, 0.05) is 11.7 Å². The summed E-state index contributed by atoms with van der Waals surface area (Å²) in [7, 11) is 0. The SMILES string of the molecule is CCC(C)c1ccc2c(ccn2CC2COC(C)(C)O2)c1. The van der Waals surface area contributed by atoms with Crippen LogP contribution >= 0.6 is 0 Å². The molecule has 0 amide bonds. The monoisotopic (exact) mass is 287 g/mol. The van der Waals surface area contributed by atoms with Gasteiger partial charge in [0.2, 0.25) is 0 Å². The van der Waals surface area contributed by atoms with Gasteiger partial charge in [0.15, 0.2) is 5.79 Å². The molecule has 2 atom stereocenters. The zero-order chi connectivity index (χ0) is 15.0. The van der Waals surface area contributed by atoms with Gasteiger partial charge in [0.05, 0.1) is 13.2 Å². The van der Waals surface area contributed by atoms with Gasteiger partial charge in [-0.15, -0.1) is 0 Å². The van der Waals surface area contributed by atoms with Crippen LogP contribution in [0.15, 0.2) is 30.5 Å². The van der Waals surface area contributed by atoms with Gasteiger partial charge in [-0.25, -0.2) is 0 Å². The molecular formula is C18H25NO2. The summed E-state index contributed by atoms with van der Waals surface area (Å²) >= 11 is 0. The minimum absolute atomic E-state index is 0.129. The van der Waals surface area contributed by atoms with Gasteiger partial charge in [-0.05, 0) is 55.3 Å². The molecule has 0 radical (unpaired) electrons. The molecule has 1 aliphatic rings. The molecule has 1 aromatic carbocycles. The van der Waals surface area contributed by atoms with Crippen molar-refractivity contribution < 1.29 is 9.47 Å². The molecule has 3 nitrogen and oxygen atoms in total. The summed E-state index contributed by atoms with van der Waals surface area (Å²) in [5, 5.41) is 1.31. The van der Waals surface area contributed by atoms with Gasteiger partial charge in [-0.1, -0.05) is 19.9 Å². The fourth-order valence-electron chi connectivity index (χ4n) is 2.99. The Morgan fingerprint density at radius 3 is 2.81 bits per heavy atom. The largest absolute Gasteiger partial charge is 0.348 e. The van der Waals surface area contributed by atoms with Crippen molar-refractivity contribution >= 4 is 10.9 Å². The van der Waals surface area contributed by atoms with Crippen LogP contribution in [-0.4, -0.2) is 23.1 Å². The van der Waals surface area contributed by atoms with E-state index in [0.29, 0.717) is 12.5 Å². The number of benzene rings is 1. The van der Waals surface area contributed by atoms with E-state index in [1.807, 2.05) is 13.8 Å². The first-order chi connectivity index (χ1) is 9.98. The molecule has 21 heavy (non-hydrogen) atoms. The van der Waals surface area contributed by atoms with E-state index >= 15 is 0 Å². The van der Waals surface area contributed by atoms with Crippen molar-refractivity contribution in [2.24, 2.45) is 0 Å². The van der Waals surface area contributed by atoms with E-state index in [1.165, 1.54) is 22.9 Å². The second kappa shape index (κ2) is 5.47. The third-order valence-electron chi connectivity index (χ3n) is 4.44. The highest BCUT2D eigenvalue weighted by Gasteiger charge is 2.32. The lowest BCUT2D eigenvalue weighted by molar-refractivity contribution is -0.139. The maximum absolute atomic E-state index is 5.91. The van der Waals surface area contributed by atoms with Crippen LogP contribution in [0, 0.1) is 0 Å². The van der Waals surface area contributed by atoms with Crippen LogP contribution in [0.4, 0.5) is 0 Å². The van der Waals surface area contributed by atoms with Crippen molar-refractivity contribution in [2.45, 2.75) is 58.5 Å². The highest BCUT2D eigenvalue weighted by atomic mass is 16.7. The summed E-state index contributed by atoms with van der Waals surface area (Å²) in [5.41, 5.74) is 2.69. The quantitative estimate of drug-likeness (QED) is 0.836. The van der Waals surface area contributed by atoms with Crippen molar-refractivity contribution in [2.75, 3.05) is 6.61 Å². The van der Waals surface area contributed by atoms with E-state index in [1.54, 1.807) is 0 Å². The third-order valence-corrected chi connectivity index (χ3v) is 4.44. The topological polar surface area (TPSA) is 23.4 Å². The van der Waals surface area contributed by atoms with Crippen LogP contribution in [0.25, 0.3) is 10.9 Å². The second-order valence-corrected chi connectivity index (χ2v) is 6.55. The van der Waals surface area contributed by atoms with Crippen LogP contribution in [0.2, 0.25) is 0 Å². The normalized spacial score (nSPS) is 22.8. The van der Waals surface area contributed by atoms with Gasteiger partial charge in [-0.3, -0.25) is 0 Å². The third kappa shape index (κ3) is 2.99. The first-order valence-electron chi connectivity index (χ1n) is 7.89. The van der Waals surface area contributed by atoms with E-state index in [0.717, 1.165) is 6.54 Å². The summed E-state index contributed by atoms with van der Waals surface area (Å²) in [4.78, 5) is 0. The fraction of sp³-hybridized carbons (Fsp3) is 0.556. The molecular weight excluding hydrogens is 262 g/mol. The zero-order valence-corrected chi connectivity index (χ0v) is 13.4. The lowest BCUT2D eigenvalue weighted by Crippen LogP contribution is -2.23. The lowest BCUT2D eigenvalue weighted by Gasteiger charge is -2.17. The van der Waals surface area contributed by atoms with Crippen LogP contribution in [0.1, 0.15) is 45.6 Å². The first-order valence-corrected chi connectivity index (χ1v) is 7.89. The Labute approximate surface area is 126 Å².